The first-order valence-electron chi connectivity index (χ1n) is 10.9. The SMILES string of the molecule is CC(Sc1nnc(-c2c[nH]c3ccccc23)n1CC1CCCO1)C(=O)Nc1cccc(F)c1. The molecule has 0 aliphatic carbocycles. The summed E-state index contributed by atoms with van der Waals surface area (Å²) in [6.45, 7) is 3.17. The number of H-pyrrole nitrogens is 1. The van der Waals surface area contributed by atoms with Crippen LogP contribution in [0, 0.1) is 5.82 Å². The second kappa shape index (κ2) is 9.36. The van der Waals surface area contributed by atoms with Crippen LogP contribution in [0.25, 0.3) is 22.3 Å². The molecule has 3 heterocycles. The summed E-state index contributed by atoms with van der Waals surface area (Å²) in [7, 11) is 0. The highest BCUT2D eigenvalue weighted by atomic mass is 32.2. The standard InChI is InChI=1S/C24H24FN5O2S/c1-15(23(31)27-17-7-4-6-16(25)12-17)33-24-29-28-22(30(24)14-18-8-5-11-32-18)20-13-26-21-10-3-2-9-19(20)21/h2-4,6-7,9-10,12-13,15,18,26H,5,8,11,14H2,1H3,(H,27,31). The van der Waals surface area contributed by atoms with Gasteiger partial charge in [0.25, 0.3) is 0 Å². The van der Waals surface area contributed by atoms with Crippen molar-refractivity contribution >= 4 is 34.3 Å². The summed E-state index contributed by atoms with van der Waals surface area (Å²) in [5.41, 5.74) is 2.41. The van der Waals surface area contributed by atoms with Gasteiger partial charge in [0, 0.05) is 35.0 Å². The van der Waals surface area contributed by atoms with E-state index >= 15 is 0 Å². The Morgan fingerprint density at radius 1 is 1.30 bits per heavy atom. The smallest absolute Gasteiger partial charge is 0.237 e. The molecule has 0 bridgehead atoms. The number of amides is 1. The second-order valence-electron chi connectivity index (χ2n) is 8.06. The van der Waals surface area contributed by atoms with Crippen molar-refractivity contribution in [1.29, 1.82) is 0 Å². The fourth-order valence-electron chi connectivity index (χ4n) is 4.01. The highest BCUT2D eigenvalue weighted by Gasteiger charge is 2.25. The van der Waals surface area contributed by atoms with Gasteiger partial charge in [-0.1, -0.05) is 36.0 Å². The van der Waals surface area contributed by atoms with Crippen LogP contribution in [-0.2, 0) is 16.1 Å². The van der Waals surface area contributed by atoms with Gasteiger partial charge in [-0.15, -0.1) is 10.2 Å². The molecule has 33 heavy (non-hydrogen) atoms. The zero-order valence-corrected chi connectivity index (χ0v) is 18.9. The van der Waals surface area contributed by atoms with Crippen LogP contribution in [-0.4, -0.2) is 43.6 Å². The minimum Gasteiger partial charge on any atom is -0.376 e. The molecule has 7 nitrogen and oxygen atoms in total. The van der Waals surface area contributed by atoms with Crippen molar-refractivity contribution in [3.63, 3.8) is 0 Å². The van der Waals surface area contributed by atoms with Crippen molar-refractivity contribution in [2.45, 2.75) is 42.8 Å². The maximum atomic E-state index is 13.5. The maximum absolute atomic E-state index is 13.5. The number of thioether (sulfide) groups is 1. The number of carbonyl (C=O) groups is 1. The molecule has 1 aliphatic heterocycles. The van der Waals surface area contributed by atoms with Gasteiger partial charge in [0.05, 0.1) is 17.9 Å². The number of fused-ring (bicyclic) bond motifs is 1. The first-order chi connectivity index (χ1) is 16.1. The molecule has 5 rings (SSSR count). The summed E-state index contributed by atoms with van der Waals surface area (Å²) in [5, 5.41) is 12.9. The van der Waals surface area contributed by atoms with Gasteiger partial charge in [0.1, 0.15) is 5.82 Å². The van der Waals surface area contributed by atoms with E-state index < -0.39 is 11.1 Å². The van der Waals surface area contributed by atoms with Crippen LogP contribution in [0.3, 0.4) is 0 Å². The molecular weight excluding hydrogens is 441 g/mol. The van der Waals surface area contributed by atoms with Crippen LogP contribution in [0.15, 0.2) is 59.9 Å². The number of nitrogens with one attached hydrogen (secondary N) is 2. The molecule has 170 valence electrons. The van der Waals surface area contributed by atoms with Crippen molar-refractivity contribution in [2.75, 3.05) is 11.9 Å². The average molecular weight is 466 g/mol. The predicted molar refractivity (Wildman–Crippen MR) is 127 cm³/mol. The number of aromatic nitrogens is 4. The number of anilines is 1. The molecule has 1 aliphatic rings. The van der Waals surface area contributed by atoms with Crippen LogP contribution in [0.1, 0.15) is 19.8 Å². The van der Waals surface area contributed by atoms with E-state index in [-0.39, 0.29) is 12.0 Å². The van der Waals surface area contributed by atoms with E-state index in [1.165, 1.54) is 23.9 Å². The number of carbonyl (C=O) groups excluding carboxylic acids is 1. The summed E-state index contributed by atoms with van der Waals surface area (Å²) >= 11 is 1.33. The van der Waals surface area contributed by atoms with Gasteiger partial charge in [0.2, 0.25) is 5.91 Å². The fraction of sp³-hybridized carbons (Fsp3) is 0.292. The minimum atomic E-state index is -0.462. The molecule has 0 spiro atoms. The minimum absolute atomic E-state index is 0.0840. The summed E-state index contributed by atoms with van der Waals surface area (Å²) in [4.78, 5) is 16.0. The monoisotopic (exact) mass is 465 g/mol. The lowest BCUT2D eigenvalue weighted by atomic mass is 10.1. The Morgan fingerprint density at radius 2 is 2.18 bits per heavy atom. The number of hydrogen-bond acceptors (Lipinski definition) is 5. The second-order valence-corrected chi connectivity index (χ2v) is 9.37. The number of aromatic amines is 1. The summed E-state index contributed by atoms with van der Waals surface area (Å²) in [6.07, 6.45) is 4.03. The van der Waals surface area contributed by atoms with Gasteiger partial charge in [-0.3, -0.25) is 9.36 Å². The largest absolute Gasteiger partial charge is 0.376 e. The highest BCUT2D eigenvalue weighted by Crippen LogP contribution is 2.32. The molecule has 9 heteroatoms. The first-order valence-corrected chi connectivity index (χ1v) is 11.8. The van der Waals surface area contributed by atoms with Crippen molar-refractivity contribution in [1.82, 2.24) is 19.7 Å². The van der Waals surface area contributed by atoms with E-state index in [1.54, 1.807) is 19.1 Å². The molecule has 0 radical (unpaired) electrons. The van der Waals surface area contributed by atoms with Crippen LogP contribution in [0.4, 0.5) is 10.1 Å². The Bertz CT molecular complexity index is 1280. The number of halogens is 1. The van der Waals surface area contributed by atoms with Crippen LogP contribution in [0.5, 0.6) is 0 Å². The third-order valence-electron chi connectivity index (χ3n) is 5.70. The van der Waals surface area contributed by atoms with Crippen LogP contribution in [0.2, 0.25) is 0 Å². The Labute approximate surface area is 194 Å². The molecule has 2 aromatic heterocycles. The lowest BCUT2D eigenvalue weighted by molar-refractivity contribution is -0.115. The predicted octanol–water partition coefficient (Wildman–Crippen LogP) is 4.86. The Balaban J connectivity index is 1.42. The zero-order valence-electron chi connectivity index (χ0n) is 18.1. The topological polar surface area (TPSA) is 84.8 Å². The van der Waals surface area contributed by atoms with Gasteiger partial charge >= 0.3 is 0 Å². The van der Waals surface area contributed by atoms with Crippen molar-refractivity contribution in [2.24, 2.45) is 0 Å². The van der Waals surface area contributed by atoms with E-state index in [2.05, 4.69) is 20.5 Å². The molecule has 1 fully saturated rings. The number of nitrogens with zero attached hydrogens (tertiary/aromatic N) is 3. The summed E-state index contributed by atoms with van der Waals surface area (Å²) in [6, 6.07) is 13.9. The number of benzene rings is 2. The van der Waals surface area contributed by atoms with Crippen molar-refractivity contribution in [3.8, 4) is 11.4 Å². The van der Waals surface area contributed by atoms with Gasteiger partial charge in [-0.2, -0.15) is 0 Å². The Hall–Kier alpha value is -3.17. The molecule has 1 amide bonds. The fourth-order valence-corrected chi connectivity index (χ4v) is 4.87. The number of ether oxygens (including phenoxy) is 1. The first kappa shape index (κ1) is 21.7. The highest BCUT2D eigenvalue weighted by molar-refractivity contribution is 8.00. The average Bonchev–Trinajstić information content (AvgIpc) is 3.55. The van der Waals surface area contributed by atoms with Gasteiger partial charge in [0.15, 0.2) is 11.0 Å². The molecule has 2 N–H and O–H groups in total. The van der Waals surface area contributed by atoms with Crippen molar-refractivity contribution in [3.05, 3.63) is 60.5 Å². The number of rotatable bonds is 7. The number of para-hydroxylation sites is 1. The Morgan fingerprint density at radius 3 is 3.00 bits per heavy atom. The van der Waals surface area contributed by atoms with Gasteiger partial charge in [-0.05, 0) is 44.0 Å². The molecule has 2 aromatic carbocycles. The van der Waals surface area contributed by atoms with E-state index in [1.807, 2.05) is 35.0 Å². The normalized spacial score (nSPS) is 16.8. The molecule has 0 saturated carbocycles. The molecule has 2 unspecified atom stereocenters. The van der Waals surface area contributed by atoms with Gasteiger partial charge < -0.3 is 15.0 Å². The Kier molecular flexibility index (Phi) is 6.15. The third kappa shape index (κ3) is 4.65. The van der Waals surface area contributed by atoms with E-state index in [4.69, 9.17) is 4.74 Å². The maximum Gasteiger partial charge on any atom is 0.237 e. The molecule has 4 aromatic rings. The lowest BCUT2D eigenvalue weighted by Crippen LogP contribution is -2.23. The van der Waals surface area contributed by atoms with Gasteiger partial charge in [-0.25, -0.2) is 4.39 Å². The zero-order chi connectivity index (χ0) is 22.8. The molecule has 1 saturated heterocycles. The third-order valence-corrected chi connectivity index (χ3v) is 6.78. The van der Waals surface area contributed by atoms with Crippen molar-refractivity contribution < 1.29 is 13.9 Å². The molecule has 2 atom stereocenters. The van der Waals surface area contributed by atoms with E-state index in [0.717, 1.165) is 41.7 Å². The molecular formula is C24H24FN5O2S. The number of hydrogen-bond donors (Lipinski definition) is 2. The summed E-state index contributed by atoms with van der Waals surface area (Å²) < 4.78 is 21.4. The van der Waals surface area contributed by atoms with E-state index in [0.29, 0.717) is 17.4 Å². The van der Waals surface area contributed by atoms with Crippen LogP contribution < -0.4 is 5.32 Å². The quantitative estimate of drug-likeness (QED) is 0.381. The lowest BCUT2D eigenvalue weighted by Gasteiger charge is -2.16. The van der Waals surface area contributed by atoms with Crippen LogP contribution >= 0.6 is 11.8 Å². The summed E-state index contributed by atoms with van der Waals surface area (Å²) in [5.74, 6) is 0.113. The van der Waals surface area contributed by atoms with E-state index in [9.17, 15) is 9.18 Å².